The second-order valence-electron chi connectivity index (χ2n) is 5.46. The van der Waals surface area contributed by atoms with Crippen molar-refractivity contribution < 1.29 is 9.53 Å². The number of ether oxygens (including phenoxy) is 1. The summed E-state index contributed by atoms with van der Waals surface area (Å²) in [6.07, 6.45) is 4.68. The summed E-state index contributed by atoms with van der Waals surface area (Å²) in [6.45, 7) is 4.43. The van der Waals surface area contributed by atoms with Crippen molar-refractivity contribution in [1.82, 2.24) is 10.3 Å². The van der Waals surface area contributed by atoms with Gasteiger partial charge in [0.15, 0.2) is 0 Å². The van der Waals surface area contributed by atoms with Crippen LogP contribution in [-0.2, 0) is 11.2 Å². The van der Waals surface area contributed by atoms with Gasteiger partial charge in [-0.2, -0.15) is 0 Å². The molecule has 1 N–H and O–H groups in total. The van der Waals surface area contributed by atoms with Gasteiger partial charge in [0, 0.05) is 18.8 Å². The van der Waals surface area contributed by atoms with Crippen LogP contribution >= 0.6 is 0 Å². The first-order valence-electron chi connectivity index (χ1n) is 7.51. The average Bonchev–Trinajstić information content (AvgIpc) is 2.52. The highest BCUT2D eigenvalue weighted by atomic mass is 16.5. The van der Waals surface area contributed by atoms with E-state index in [1.54, 1.807) is 12.4 Å². The van der Waals surface area contributed by atoms with Crippen molar-refractivity contribution in [3.05, 3.63) is 59.9 Å². The van der Waals surface area contributed by atoms with E-state index in [-0.39, 0.29) is 11.9 Å². The lowest BCUT2D eigenvalue weighted by atomic mass is 10.1. The number of carbonyl (C=O) groups is 1. The van der Waals surface area contributed by atoms with E-state index in [4.69, 9.17) is 4.74 Å². The van der Waals surface area contributed by atoms with Crippen molar-refractivity contribution in [1.29, 1.82) is 0 Å². The number of carbonyl (C=O) groups excluding carboxylic acids is 1. The van der Waals surface area contributed by atoms with Crippen LogP contribution in [0.25, 0.3) is 0 Å². The van der Waals surface area contributed by atoms with Gasteiger partial charge in [-0.25, -0.2) is 0 Å². The quantitative estimate of drug-likeness (QED) is 0.855. The summed E-state index contributed by atoms with van der Waals surface area (Å²) in [5, 5.41) is 2.95. The topological polar surface area (TPSA) is 51.2 Å². The number of rotatable bonds is 7. The van der Waals surface area contributed by atoms with Crippen molar-refractivity contribution >= 4 is 5.91 Å². The third-order valence-corrected chi connectivity index (χ3v) is 3.26. The van der Waals surface area contributed by atoms with E-state index in [1.807, 2.05) is 50.2 Å². The molecule has 1 atom stereocenters. The number of hydrogen-bond donors (Lipinski definition) is 1. The van der Waals surface area contributed by atoms with Gasteiger partial charge in [0.2, 0.25) is 5.91 Å². The minimum Gasteiger partial charge on any atom is -0.491 e. The van der Waals surface area contributed by atoms with Gasteiger partial charge in [0.1, 0.15) is 12.4 Å². The van der Waals surface area contributed by atoms with Gasteiger partial charge in [-0.05, 0) is 49.6 Å². The monoisotopic (exact) mass is 298 g/mol. The molecule has 0 aliphatic rings. The summed E-state index contributed by atoms with van der Waals surface area (Å²) in [5.41, 5.74) is 2.23. The first-order valence-corrected chi connectivity index (χ1v) is 7.51. The molecule has 0 bridgehead atoms. The fourth-order valence-electron chi connectivity index (χ4n) is 2.12. The van der Waals surface area contributed by atoms with Gasteiger partial charge in [-0.1, -0.05) is 18.2 Å². The molecule has 0 aliphatic heterocycles. The van der Waals surface area contributed by atoms with Gasteiger partial charge in [-0.3, -0.25) is 9.78 Å². The number of nitrogens with zero attached hydrogens (tertiary/aromatic N) is 1. The van der Waals surface area contributed by atoms with Gasteiger partial charge < -0.3 is 10.1 Å². The summed E-state index contributed by atoms with van der Waals surface area (Å²) in [5.74, 6) is 0.862. The smallest absolute Gasteiger partial charge is 0.220 e. The van der Waals surface area contributed by atoms with Crippen LogP contribution in [0.15, 0.2) is 48.8 Å². The first-order chi connectivity index (χ1) is 10.6. The van der Waals surface area contributed by atoms with Crippen molar-refractivity contribution in [3.63, 3.8) is 0 Å². The molecular weight excluding hydrogens is 276 g/mol. The standard InChI is InChI=1S/C18H22N2O2/c1-14-5-3-7-17(11-14)22-13-15(2)20-18(21)9-8-16-6-4-10-19-12-16/h3-7,10-12,15H,8-9,13H2,1-2H3,(H,20,21). The summed E-state index contributed by atoms with van der Waals surface area (Å²) >= 11 is 0. The maximum Gasteiger partial charge on any atom is 0.220 e. The molecule has 4 heteroatoms. The number of nitrogens with one attached hydrogen (secondary N) is 1. The Balaban J connectivity index is 1.70. The Kier molecular flexibility index (Phi) is 5.95. The molecule has 22 heavy (non-hydrogen) atoms. The lowest BCUT2D eigenvalue weighted by Gasteiger charge is -2.15. The molecular formula is C18H22N2O2. The number of aromatic nitrogens is 1. The fourth-order valence-corrected chi connectivity index (χ4v) is 2.12. The molecule has 1 heterocycles. The highest BCUT2D eigenvalue weighted by molar-refractivity contribution is 5.76. The van der Waals surface area contributed by atoms with Crippen LogP contribution in [-0.4, -0.2) is 23.5 Å². The van der Waals surface area contributed by atoms with Gasteiger partial charge >= 0.3 is 0 Å². The maximum atomic E-state index is 11.9. The molecule has 0 aliphatic carbocycles. The second kappa shape index (κ2) is 8.17. The van der Waals surface area contributed by atoms with Gasteiger partial charge in [0.05, 0.1) is 6.04 Å². The summed E-state index contributed by atoms with van der Waals surface area (Å²) in [6, 6.07) is 11.7. The molecule has 2 rings (SSSR count). The number of hydrogen-bond acceptors (Lipinski definition) is 3. The Labute approximate surface area is 131 Å². The Morgan fingerprint density at radius 2 is 2.18 bits per heavy atom. The summed E-state index contributed by atoms with van der Waals surface area (Å²) < 4.78 is 5.69. The number of pyridine rings is 1. The van der Waals surface area contributed by atoms with E-state index in [9.17, 15) is 4.79 Å². The van der Waals surface area contributed by atoms with E-state index in [1.165, 1.54) is 0 Å². The molecule has 4 nitrogen and oxygen atoms in total. The third-order valence-electron chi connectivity index (χ3n) is 3.26. The summed E-state index contributed by atoms with van der Waals surface area (Å²) in [7, 11) is 0. The van der Waals surface area contributed by atoms with Crippen LogP contribution in [0.1, 0.15) is 24.5 Å². The second-order valence-corrected chi connectivity index (χ2v) is 5.46. The van der Waals surface area contributed by atoms with Crippen LogP contribution in [0.4, 0.5) is 0 Å². The summed E-state index contributed by atoms with van der Waals surface area (Å²) in [4.78, 5) is 15.9. The van der Waals surface area contributed by atoms with Crippen molar-refractivity contribution in [2.45, 2.75) is 32.7 Å². The Morgan fingerprint density at radius 1 is 1.32 bits per heavy atom. The predicted molar refractivity (Wildman–Crippen MR) is 86.8 cm³/mol. The maximum absolute atomic E-state index is 11.9. The molecule has 0 radical (unpaired) electrons. The van der Waals surface area contributed by atoms with Gasteiger partial charge in [-0.15, -0.1) is 0 Å². The molecule has 0 saturated carbocycles. The van der Waals surface area contributed by atoms with Crippen molar-refractivity contribution in [2.24, 2.45) is 0 Å². The van der Waals surface area contributed by atoms with Crippen LogP contribution < -0.4 is 10.1 Å². The predicted octanol–water partition coefficient (Wildman–Crippen LogP) is 2.91. The minimum atomic E-state index is -0.0260. The lowest BCUT2D eigenvalue weighted by molar-refractivity contribution is -0.121. The zero-order chi connectivity index (χ0) is 15.8. The SMILES string of the molecule is Cc1cccc(OCC(C)NC(=O)CCc2cccnc2)c1. The van der Waals surface area contributed by atoms with E-state index in [2.05, 4.69) is 10.3 Å². The molecule has 1 unspecified atom stereocenters. The molecule has 0 saturated heterocycles. The molecule has 0 fully saturated rings. The van der Waals surface area contributed by atoms with Crippen LogP contribution in [0.3, 0.4) is 0 Å². The van der Waals surface area contributed by atoms with Crippen LogP contribution in [0, 0.1) is 6.92 Å². The molecule has 1 amide bonds. The zero-order valence-corrected chi connectivity index (χ0v) is 13.1. The highest BCUT2D eigenvalue weighted by Gasteiger charge is 2.08. The highest BCUT2D eigenvalue weighted by Crippen LogP contribution is 2.12. The Hall–Kier alpha value is -2.36. The van der Waals surface area contributed by atoms with E-state index >= 15 is 0 Å². The molecule has 2 aromatic rings. The number of benzene rings is 1. The van der Waals surface area contributed by atoms with E-state index in [0.717, 1.165) is 16.9 Å². The Bertz CT molecular complexity index is 599. The zero-order valence-electron chi connectivity index (χ0n) is 13.1. The number of aryl methyl sites for hydroxylation is 2. The largest absolute Gasteiger partial charge is 0.491 e. The molecule has 116 valence electrons. The van der Waals surface area contributed by atoms with Crippen LogP contribution in [0.2, 0.25) is 0 Å². The molecule has 0 spiro atoms. The first kappa shape index (κ1) is 16.0. The fraction of sp³-hybridized carbons (Fsp3) is 0.333. The van der Waals surface area contributed by atoms with Crippen molar-refractivity contribution in [2.75, 3.05) is 6.61 Å². The van der Waals surface area contributed by atoms with Crippen molar-refractivity contribution in [3.8, 4) is 5.75 Å². The molecule has 1 aromatic carbocycles. The molecule has 1 aromatic heterocycles. The third kappa shape index (κ3) is 5.56. The average molecular weight is 298 g/mol. The minimum absolute atomic E-state index is 0.0260. The van der Waals surface area contributed by atoms with E-state index in [0.29, 0.717) is 19.4 Å². The van der Waals surface area contributed by atoms with E-state index < -0.39 is 0 Å². The Morgan fingerprint density at radius 3 is 2.91 bits per heavy atom. The normalized spacial score (nSPS) is 11.7. The lowest BCUT2D eigenvalue weighted by Crippen LogP contribution is -2.36. The van der Waals surface area contributed by atoms with Crippen LogP contribution in [0.5, 0.6) is 5.75 Å². The number of amides is 1. The van der Waals surface area contributed by atoms with Gasteiger partial charge in [0.25, 0.3) is 0 Å².